The summed E-state index contributed by atoms with van der Waals surface area (Å²) in [4.78, 5) is 22.4. The molecule has 2 rings (SSSR count). The van der Waals surface area contributed by atoms with Crippen molar-refractivity contribution >= 4 is 11.8 Å². The van der Waals surface area contributed by atoms with Gasteiger partial charge in [-0.2, -0.15) is 0 Å². The third-order valence-corrected chi connectivity index (χ3v) is 3.14. The Morgan fingerprint density at radius 2 is 2.29 bits per heavy atom. The molecule has 78 valence electrons. The smallest absolute Gasteiger partial charge is 0.225 e. The van der Waals surface area contributed by atoms with Crippen molar-refractivity contribution in [2.45, 2.75) is 25.7 Å². The third kappa shape index (κ3) is 2.05. The molecule has 1 heterocycles. The maximum atomic E-state index is 11.5. The number of nitrogens with one attached hydrogen (secondary N) is 2. The molecule has 0 aromatic carbocycles. The van der Waals surface area contributed by atoms with Gasteiger partial charge < -0.3 is 10.6 Å². The van der Waals surface area contributed by atoms with Crippen LogP contribution in [0.4, 0.5) is 0 Å². The first kappa shape index (κ1) is 9.49. The van der Waals surface area contributed by atoms with Gasteiger partial charge in [0.1, 0.15) is 0 Å². The summed E-state index contributed by atoms with van der Waals surface area (Å²) in [5, 5.41) is 5.58. The Morgan fingerprint density at radius 3 is 2.79 bits per heavy atom. The van der Waals surface area contributed by atoms with Gasteiger partial charge in [0.05, 0.1) is 5.92 Å². The highest BCUT2D eigenvalue weighted by molar-refractivity contribution is 5.89. The van der Waals surface area contributed by atoms with E-state index in [1.165, 1.54) is 19.3 Å². The standard InChI is InChI=1S/C10H16N2O2/c13-9-4-8(6-11-9)10(14)12-5-7-2-1-3-7/h7-8H,1-6H2,(H,11,13)(H,12,14). The van der Waals surface area contributed by atoms with Gasteiger partial charge in [0.15, 0.2) is 0 Å². The van der Waals surface area contributed by atoms with Gasteiger partial charge in [-0.25, -0.2) is 0 Å². The highest BCUT2D eigenvalue weighted by atomic mass is 16.2. The lowest BCUT2D eigenvalue weighted by Gasteiger charge is -2.25. The van der Waals surface area contributed by atoms with Crippen LogP contribution in [0.1, 0.15) is 25.7 Å². The maximum absolute atomic E-state index is 11.5. The summed E-state index contributed by atoms with van der Waals surface area (Å²) in [7, 11) is 0. The van der Waals surface area contributed by atoms with Gasteiger partial charge in [-0.3, -0.25) is 9.59 Å². The summed E-state index contributed by atoms with van der Waals surface area (Å²) in [5.74, 6) is 0.579. The number of rotatable bonds is 3. The van der Waals surface area contributed by atoms with E-state index in [-0.39, 0.29) is 17.7 Å². The van der Waals surface area contributed by atoms with Gasteiger partial charge in [0.2, 0.25) is 11.8 Å². The summed E-state index contributed by atoms with van der Waals surface area (Å²) in [6, 6.07) is 0. The normalized spacial score (nSPS) is 26.9. The molecule has 2 N–H and O–H groups in total. The fraction of sp³-hybridized carbons (Fsp3) is 0.800. The molecule has 1 saturated carbocycles. The Balaban J connectivity index is 1.69. The topological polar surface area (TPSA) is 58.2 Å². The molecule has 0 aromatic rings. The summed E-state index contributed by atoms with van der Waals surface area (Å²) < 4.78 is 0. The Bertz CT molecular complexity index is 249. The van der Waals surface area contributed by atoms with Crippen LogP contribution in [0.2, 0.25) is 0 Å². The first-order valence-corrected chi connectivity index (χ1v) is 5.30. The first-order chi connectivity index (χ1) is 6.75. The first-order valence-electron chi connectivity index (χ1n) is 5.30. The van der Waals surface area contributed by atoms with Crippen LogP contribution in [-0.4, -0.2) is 24.9 Å². The SMILES string of the molecule is O=C1CC(C(=O)NCC2CCC2)CN1. The van der Waals surface area contributed by atoms with Crippen LogP contribution >= 0.6 is 0 Å². The maximum Gasteiger partial charge on any atom is 0.225 e. The molecule has 0 bridgehead atoms. The van der Waals surface area contributed by atoms with Gasteiger partial charge >= 0.3 is 0 Å². The molecule has 2 amide bonds. The molecule has 0 spiro atoms. The van der Waals surface area contributed by atoms with Crippen molar-refractivity contribution in [2.75, 3.05) is 13.1 Å². The molecule has 1 aliphatic heterocycles. The highest BCUT2D eigenvalue weighted by Crippen LogP contribution is 2.25. The van der Waals surface area contributed by atoms with Gasteiger partial charge in [0, 0.05) is 19.5 Å². The molecule has 2 fully saturated rings. The Kier molecular flexibility index (Phi) is 2.70. The van der Waals surface area contributed by atoms with Crippen LogP contribution in [-0.2, 0) is 9.59 Å². The average Bonchev–Trinajstić information content (AvgIpc) is 2.49. The summed E-state index contributed by atoms with van der Waals surface area (Å²) >= 11 is 0. The highest BCUT2D eigenvalue weighted by Gasteiger charge is 2.28. The van der Waals surface area contributed by atoms with E-state index in [1.807, 2.05) is 0 Å². The van der Waals surface area contributed by atoms with E-state index in [0.29, 0.717) is 18.9 Å². The van der Waals surface area contributed by atoms with Gasteiger partial charge in [-0.15, -0.1) is 0 Å². The zero-order chi connectivity index (χ0) is 9.97. The van der Waals surface area contributed by atoms with E-state index >= 15 is 0 Å². The molecule has 1 unspecified atom stereocenters. The number of amides is 2. The number of carbonyl (C=O) groups excluding carboxylic acids is 2. The molecule has 1 saturated heterocycles. The van der Waals surface area contributed by atoms with Gasteiger partial charge in [-0.05, 0) is 18.8 Å². The van der Waals surface area contributed by atoms with Crippen LogP contribution in [0.3, 0.4) is 0 Å². The van der Waals surface area contributed by atoms with Crippen molar-refractivity contribution in [1.29, 1.82) is 0 Å². The lowest BCUT2D eigenvalue weighted by molar-refractivity contribution is -0.126. The predicted molar refractivity (Wildman–Crippen MR) is 51.5 cm³/mol. The van der Waals surface area contributed by atoms with Crippen LogP contribution < -0.4 is 10.6 Å². The molecule has 2 aliphatic rings. The summed E-state index contributed by atoms with van der Waals surface area (Å²) in [5.41, 5.74) is 0. The van der Waals surface area contributed by atoms with E-state index in [2.05, 4.69) is 10.6 Å². The summed E-state index contributed by atoms with van der Waals surface area (Å²) in [6.45, 7) is 1.30. The minimum Gasteiger partial charge on any atom is -0.356 e. The van der Waals surface area contributed by atoms with Crippen LogP contribution in [0.5, 0.6) is 0 Å². The number of hydrogen-bond donors (Lipinski definition) is 2. The average molecular weight is 196 g/mol. The number of hydrogen-bond acceptors (Lipinski definition) is 2. The van der Waals surface area contributed by atoms with E-state index in [0.717, 1.165) is 6.54 Å². The second-order valence-corrected chi connectivity index (χ2v) is 4.25. The molecule has 4 nitrogen and oxygen atoms in total. The second kappa shape index (κ2) is 3.98. The van der Waals surface area contributed by atoms with E-state index in [9.17, 15) is 9.59 Å². The largest absolute Gasteiger partial charge is 0.356 e. The Labute approximate surface area is 83.4 Å². The quantitative estimate of drug-likeness (QED) is 0.669. The number of carbonyl (C=O) groups is 2. The molecule has 1 aliphatic carbocycles. The monoisotopic (exact) mass is 196 g/mol. The lowest BCUT2D eigenvalue weighted by atomic mass is 9.85. The van der Waals surface area contributed by atoms with Crippen molar-refractivity contribution in [2.24, 2.45) is 11.8 Å². The molecular weight excluding hydrogens is 180 g/mol. The van der Waals surface area contributed by atoms with E-state index in [4.69, 9.17) is 0 Å². The second-order valence-electron chi connectivity index (χ2n) is 4.25. The molecule has 14 heavy (non-hydrogen) atoms. The zero-order valence-electron chi connectivity index (χ0n) is 8.21. The third-order valence-electron chi connectivity index (χ3n) is 3.14. The minimum absolute atomic E-state index is 0.00575. The van der Waals surface area contributed by atoms with Crippen molar-refractivity contribution in [1.82, 2.24) is 10.6 Å². The molecule has 4 heteroatoms. The molecule has 0 aromatic heterocycles. The summed E-state index contributed by atoms with van der Waals surface area (Å²) in [6.07, 6.45) is 4.13. The fourth-order valence-electron chi connectivity index (χ4n) is 1.88. The zero-order valence-corrected chi connectivity index (χ0v) is 8.21. The van der Waals surface area contributed by atoms with Crippen LogP contribution in [0.25, 0.3) is 0 Å². The van der Waals surface area contributed by atoms with Crippen LogP contribution in [0, 0.1) is 11.8 Å². The van der Waals surface area contributed by atoms with Crippen molar-refractivity contribution < 1.29 is 9.59 Å². The van der Waals surface area contributed by atoms with Crippen molar-refractivity contribution in [3.05, 3.63) is 0 Å². The van der Waals surface area contributed by atoms with Crippen molar-refractivity contribution in [3.63, 3.8) is 0 Å². The van der Waals surface area contributed by atoms with Crippen LogP contribution in [0.15, 0.2) is 0 Å². The Hall–Kier alpha value is -1.06. The molecular formula is C10H16N2O2. The fourth-order valence-corrected chi connectivity index (χ4v) is 1.88. The minimum atomic E-state index is -0.137. The van der Waals surface area contributed by atoms with Gasteiger partial charge in [0.25, 0.3) is 0 Å². The van der Waals surface area contributed by atoms with E-state index in [1.54, 1.807) is 0 Å². The molecule has 0 radical (unpaired) electrons. The molecule has 1 atom stereocenters. The lowest BCUT2D eigenvalue weighted by Crippen LogP contribution is -2.36. The predicted octanol–water partition coefficient (Wildman–Crippen LogP) is 0.0388. The Morgan fingerprint density at radius 1 is 1.50 bits per heavy atom. The van der Waals surface area contributed by atoms with E-state index < -0.39 is 0 Å². The van der Waals surface area contributed by atoms with Crippen molar-refractivity contribution in [3.8, 4) is 0 Å². The van der Waals surface area contributed by atoms with Gasteiger partial charge in [-0.1, -0.05) is 6.42 Å².